The molecule has 1 atom stereocenters. The molecule has 38 heavy (non-hydrogen) atoms. The Bertz CT molecular complexity index is 1380. The molecule has 0 aliphatic carbocycles. The highest BCUT2D eigenvalue weighted by atomic mass is 32.2. The lowest BCUT2D eigenvalue weighted by Crippen LogP contribution is -2.54. The maximum absolute atomic E-state index is 12.6. The van der Waals surface area contributed by atoms with Gasteiger partial charge in [0.2, 0.25) is 10.0 Å². The maximum atomic E-state index is 12.6. The molecule has 0 saturated carbocycles. The van der Waals surface area contributed by atoms with Crippen LogP contribution in [0.5, 0.6) is 5.75 Å². The van der Waals surface area contributed by atoms with Crippen molar-refractivity contribution in [3.8, 4) is 5.75 Å². The van der Waals surface area contributed by atoms with Gasteiger partial charge in [-0.15, -0.1) is 0 Å². The van der Waals surface area contributed by atoms with E-state index in [9.17, 15) is 23.4 Å². The number of aromatic hydroxyl groups is 1. The molecule has 0 unspecified atom stereocenters. The highest BCUT2D eigenvalue weighted by Crippen LogP contribution is 2.35. The standard InChI is InChI=1S/C29H35N3O5S/c1-29(2,24-12-8-22(9-13-24)28(34)35)32-18-16-31(17-19-32)27(23-6-5-7-25(33)20-23)21-10-14-26(15-11-21)38(36,37)30(3)4/h5-15,20,27,33H,16-19H2,1-4H3,(H,34,35)/t27-/m1/s1. The average molecular weight is 538 g/mol. The van der Waals surface area contributed by atoms with E-state index >= 15 is 0 Å². The Kier molecular flexibility index (Phi) is 7.94. The number of carboxylic acids is 1. The van der Waals surface area contributed by atoms with Crippen molar-refractivity contribution in [1.82, 2.24) is 14.1 Å². The van der Waals surface area contributed by atoms with Gasteiger partial charge in [0.15, 0.2) is 0 Å². The minimum atomic E-state index is -3.53. The van der Waals surface area contributed by atoms with E-state index in [0.717, 1.165) is 42.9 Å². The highest BCUT2D eigenvalue weighted by Gasteiger charge is 2.34. The first-order valence-corrected chi connectivity index (χ1v) is 14.0. The van der Waals surface area contributed by atoms with Crippen molar-refractivity contribution in [2.75, 3.05) is 40.3 Å². The summed E-state index contributed by atoms with van der Waals surface area (Å²) in [6.45, 7) is 7.39. The lowest BCUT2D eigenvalue weighted by molar-refractivity contribution is 0.0386. The van der Waals surface area contributed by atoms with Crippen LogP contribution in [0.3, 0.4) is 0 Å². The Hall–Kier alpha value is -3.24. The first-order chi connectivity index (χ1) is 17.9. The number of piperazine rings is 1. The van der Waals surface area contributed by atoms with E-state index in [4.69, 9.17) is 0 Å². The Morgan fingerprint density at radius 3 is 2.03 bits per heavy atom. The van der Waals surface area contributed by atoms with Crippen molar-refractivity contribution in [1.29, 1.82) is 0 Å². The molecule has 8 nitrogen and oxygen atoms in total. The summed E-state index contributed by atoms with van der Waals surface area (Å²) in [5.74, 6) is -0.753. The fourth-order valence-electron chi connectivity index (χ4n) is 5.08. The van der Waals surface area contributed by atoms with Gasteiger partial charge in [-0.3, -0.25) is 9.80 Å². The third kappa shape index (κ3) is 5.61. The van der Waals surface area contributed by atoms with Crippen molar-refractivity contribution >= 4 is 16.0 Å². The van der Waals surface area contributed by atoms with Gasteiger partial charge in [0.05, 0.1) is 16.5 Å². The molecule has 0 aromatic heterocycles. The monoisotopic (exact) mass is 537 g/mol. The molecule has 3 aromatic rings. The lowest BCUT2D eigenvalue weighted by atomic mass is 9.90. The van der Waals surface area contributed by atoms with Gasteiger partial charge < -0.3 is 10.2 Å². The van der Waals surface area contributed by atoms with Crippen molar-refractivity contribution in [3.05, 3.63) is 95.1 Å². The van der Waals surface area contributed by atoms with Gasteiger partial charge >= 0.3 is 5.97 Å². The number of nitrogens with zero attached hydrogens (tertiary/aromatic N) is 3. The smallest absolute Gasteiger partial charge is 0.335 e. The van der Waals surface area contributed by atoms with Gasteiger partial charge in [-0.1, -0.05) is 36.4 Å². The molecule has 1 aliphatic rings. The van der Waals surface area contributed by atoms with Gasteiger partial charge in [-0.25, -0.2) is 17.5 Å². The summed E-state index contributed by atoms with van der Waals surface area (Å²) < 4.78 is 26.4. The van der Waals surface area contributed by atoms with Crippen LogP contribution in [0.2, 0.25) is 0 Å². The van der Waals surface area contributed by atoms with Crippen LogP contribution in [0.15, 0.2) is 77.7 Å². The second-order valence-electron chi connectivity index (χ2n) is 10.3. The molecule has 3 aromatic carbocycles. The summed E-state index contributed by atoms with van der Waals surface area (Å²) in [7, 11) is -0.504. The number of hydrogen-bond acceptors (Lipinski definition) is 6. The quantitative estimate of drug-likeness (QED) is 0.448. The summed E-state index contributed by atoms with van der Waals surface area (Å²) in [6.07, 6.45) is 0. The fourth-order valence-corrected chi connectivity index (χ4v) is 5.99. The molecule has 4 rings (SSSR count). The summed E-state index contributed by atoms with van der Waals surface area (Å²) in [6, 6.07) is 21.1. The van der Waals surface area contributed by atoms with E-state index in [1.807, 2.05) is 36.4 Å². The third-order valence-electron chi connectivity index (χ3n) is 7.47. The molecular weight excluding hydrogens is 502 g/mol. The molecule has 1 saturated heterocycles. The number of carboxylic acid groups (broad SMARTS) is 1. The molecule has 1 fully saturated rings. The predicted octanol–water partition coefficient (Wildman–Crippen LogP) is 3.98. The largest absolute Gasteiger partial charge is 0.508 e. The van der Waals surface area contributed by atoms with Gasteiger partial charge in [0, 0.05) is 45.8 Å². The number of aromatic carboxylic acids is 1. The Morgan fingerprint density at radius 1 is 0.895 bits per heavy atom. The van der Waals surface area contributed by atoms with Crippen LogP contribution in [-0.2, 0) is 15.6 Å². The van der Waals surface area contributed by atoms with Gasteiger partial charge in [0.25, 0.3) is 0 Å². The SMILES string of the molecule is CN(C)S(=O)(=O)c1ccc([C@H](c2cccc(O)c2)N2CCN(C(C)(C)c3ccc(C(=O)O)cc3)CC2)cc1. The van der Waals surface area contributed by atoms with Crippen LogP contribution in [0, 0.1) is 0 Å². The van der Waals surface area contributed by atoms with E-state index in [-0.39, 0.29) is 27.8 Å². The summed E-state index contributed by atoms with van der Waals surface area (Å²) in [5, 5.41) is 19.4. The molecule has 9 heteroatoms. The molecular formula is C29H35N3O5S. The molecule has 202 valence electrons. The average Bonchev–Trinajstić information content (AvgIpc) is 2.89. The van der Waals surface area contributed by atoms with Crippen molar-refractivity contribution in [2.24, 2.45) is 0 Å². The molecule has 2 N–H and O–H groups in total. The van der Waals surface area contributed by atoms with Crippen LogP contribution in [0.4, 0.5) is 0 Å². The number of sulfonamides is 1. The van der Waals surface area contributed by atoms with Gasteiger partial charge in [-0.05, 0) is 66.9 Å². The van der Waals surface area contributed by atoms with E-state index in [1.54, 1.807) is 36.4 Å². The number of phenols is 1. The normalized spacial score (nSPS) is 16.4. The first-order valence-electron chi connectivity index (χ1n) is 12.6. The number of hydrogen-bond donors (Lipinski definition) is 2. The molecule has 0 amide bonds. The van der Waals surface area contributed by atoms with E-state index in [1.165, 1.54) is 18.4 Å². The maximum Gasteiger partial charge on any atom is 0.335 e. The Labute approximate surface area is 224 Å². The van der Waals surface area contributed by atoms with Gasteiger partial charge in [0.1, 0.15) is 5.75 Å². The number of phenolic OH excluding ortho intramolecular Hbond substituents is 1. The molecule has 0 spiro atoms. The molecule has 0 radical (unpaired) electrons. The van der Waals surface area contributed by atoms with Crippen LogP contribution in [0.25, 0.3) is 0 Å². The minimum absolute atomic E-state index is 0.154. The predicted molar refractivity (Wildman–Crippen MR) is 147 cm³/mol. The summed E-state index contributed by atoms with van der Waals surface area (Å²) >= 11 is 0. The van der Waals surface area contributed by atoms with E-state index in [2.05, 4.69) is 23.6 Å². The summed E-state index contributed by atoms with van der Waals surface area (Å²) in [4.78, 5) is 16.2. The van der Waals surface area contributed by atoms with Crippen LogP contribution >= 0.6 is 0 Å². The van der Waals surface area contributed by atoms with E-state index in [0.29, 0.717) is 0 Å². The van der Waals surface area contributed by atoms with Crippen molar-refractivity contribution in [3.63, 3.8) is 0 Å². The zero-order valence-corrected chi connectivity index (χ0v) is 23.0. The Balaban J connectivity index is 1.58. The number of carbonyl (C=O) groups is 1. The zero-order chi connectivity index (χ0) is 27.7. The highest BCUT2D eigenvalue weighted by molar-refractivity contribution is 7.89. The molecule has 0 bridgehead atoms. The minimum Gasteiger partial charge on any atom is -0.508 e. The fraction of sp³-hybridized carbons (Fsp3) is 0.345. The second-order valence-corrected chi connectivity index (χ2v) is 12.5. The molecule has 1 heterocycles. The van der Waals surface area contributed by atoms with Crippen LogP contribution in [-0.4, -0.2) is 79.0 Å². The molecule has 1 aliphatic heterocycles. The summed E-state index contributed by atoms with van der Waals surface area (Å²) in [5.41, 5.74) is 2.92. The van der Waals surface area contributed by atoms with Crippen molar-refractivity contribution in [2.45, 2.75) is 30.3 Å². The van der Waals surface area contributed by atoms with Crippen LogP contribution in [0.1, 0.15) is 46.9 Å². The Morgan fingerprint density at radius 2 is 1.50 bits per heavy atom. The zero-order valence-electron chi connectivity index (χ0n) is 22.2. The third-order valence-corrected chi connectivity index (χ3v) is 9.30. The lowest BCUT2D eigenvalue weighted by Gasteiger charge is -2.46. The van der Waals surface area contributed by atoms with Crippen molar-refractivity contribution < 1.29 is 23.4 Å². The first kappa shape index (κ1) is 27.8. The second kappa shape index (κ2) is 10.9. The van der Waals surface area contributed by atoms with E-state index < -0.39 is 16.0 Å². The number of benzene rings is 3. The topological polar surface area (TPSA) is 101 Å². The van der Waals surface area contributed by atoms with Crippen LogP contribution < -0.4 is 0 Å². The van der Waals surface area contributed by atoms with Gasteiger partial charge in [-0.2, -0.15) is 0 Å². The number of rotatable bonds is 8.